The van der Waals surface area contributed by atoms with Crippen molar-refractivity contribution in [3.05, 3.63) is 78.4 Å². The first-order chi connectivity index (χ1) is 15.4. The minimum absolute atomic E-state index is 0.0127. The summed E-state index contributed by atoms with van der Waals surface area (Å²) < 4.78 is 29.9. The molecule has 3 heterocycles. The Morgan fingerprint density at radius 2 is 1.97 bits per heavy atom. The maximum atomic E-state index is 14.1. The number of aliphatic hydroxyl groups is 1. The molecular formula is C25H22F2N4O. The SMILES string of the molecule is C=C(O)c1ccc2cncc(N3CCCc4cc(-c5cnn(C)c5)c(C(F)F)cc43)c2c1. The molecule has 0 saturated carbocycles. The number of aromatic nitrogens is 3. The van der Waals surface area contributed by atoms with Crippen LogP contribution in [0.4, 0.5) is 20.2 Å². The van der Waals surface area contributed by atoms with Crippen molar-refractivity contribution in [3.8, 4) is 11.1 Å². The number of benzene rings is 2. The van der Waals surface area contributed by atoms with Gasteiger partial charge < -0.3 is 10.0 Å². The van der Waals surface area contributed by atoms with E-state index in [1.54, 1.807) is 48.6 Å². The van der Waals surface area contributed by atoms with Crippen LogP contribution in [-0.2, 0) is 13.5 Å². The molecule has 5 nitrogen and oxygen atoms in total. The lowest BCUT2D eigenvalue weighted by molar-refractivity contribution is 0.152. The highest BCUT2D eigenvalue weighted by Gasteiger charge is 2.25. The molecule has 0 spiro atoms. The van der Waals surface area contributed by atoms with Crippen molar-refractivity contribution in [2.75, 3.05) is 11.4 Å². The van der Waals surface area contributed by atoms with Crippen LogP contribution >= 0.6 is 0 Å². The lowest BCUT2D eigenvalue weighted by Gasteiger charge is -2.33. The maximum absolute atomic E-state index is 14.1. The summed E-state index contributed by atoms with van der Waals surface area (Å²) in [6, 6.07) is 9.01. The summed E-state index contributed by atoms with van der Waals surface area (Å²) in [6.45, 7) is 4.31. The fourth-order valence-corrected chi connectivity index (χ4v) is 4.43. The number of pyridine rings is 1. The van der Waals surface area contributed by atoms with E-state index < -0.39 is 6.43 Å². The molecule has 32 heavy (non-hydrogen) atoms. The summed E-state index contributed by atoms with van der Waals surface area (Å²) in [5.41, 5.74) is 4.40. The highest BCUT2D eigenvalue weighted by atomic mass is 19.3. The van der Waals surface area contributed by atoms with Crippen LogP contribution < -0.4 is 4.90 Å². The van der Waals surface area contributed by atoms with Gasteiger partial charge in [0.15, 0.2) is 0 Å². The van der Waals surface area contributed by atoms with Gasteiger partial charge >= 0.3 is 0 Å². The fraction of sp³-hybridized carbons (Fsp3) is 0.200. The Morgan fingerprint density at radius 1 is 1.12 bits per heavy atom. The smallest absolute Gasteiger partial charge is 0.264 e. The van der Waals surface area contributed by atoms with Crippen molar-refractivity contribution in [1.82, 2.24) is 14.8 Å². The van der Waals surface area contributed by atoms with Crippen LogP contribution in [0, 0.1) is 0 Å². The molecule has 162 valence electrons. The minimum atomic E-state index is -2.62. The second kappa shape index (κ2) is 7.75. The van der Waals surface area contributed by atoms with Crippen LogP contribution in [0.25, 0.3) is 27.7 Å². The number of nitrogens with zero attached hydrogens (tertiary/aromatic N) is 4. The third kappa shape index (κ3) is 3.39. The Kier molecular flexibility index (Phi) is 4.89. The molecule has 7 heteroatoms. The molecule has 0 bridgehead atoms. The van der Waals surface area contributed by atoms with E-state index in [0.717, 1.165) is 40.6 Å². The second-order valence-corrected chi connectivity index (χ2v) is 8.07. The van der Waals surface area contributed by atoms with Crippen LogP contribution in [0.1, 0.15) is 29.5 Å². The van der Waals surface area contributed by atoms with E-state index in [0.29, 0.717) is 23.2 Å². The Balaban J connectivity index is 1.69. The monoisotopic (exact) mass is 432 g/mol. The zero-order valence-electron chi connectivity index (χ0n) is 17.6. The predicted molar refractivity (Wildman–Crippen MR) is 122 cm³/mol. The normalized spacial score (nSPS) is 13.6. The highest BCUT2D eigenvalue weighted by Crippen LogP contribution is 2.42. The van der Waals surface area contributed by atoms with E-state index in [2.05, 4.69) is 21.6 Å². The van der Waals surface area contributed by atoms with Crippen molar-refractivity contribution in [2.45, 2.75) is 19.3 Å². The molecular weight excluding hydrogens is 410 g/mol. The first-order valence-electron chi connectivity index (χ1n) is 10.4. The van der Waals surface area contributed by atoms with Gasteiger partial charge in [0, 0.05) is 59.1 Å². The van der Waals surface area contributed by atoms with Crippen LogP contribution in [0.2, 0.25) is 0 Å². The quantitative estimate of drug-likeness (QED) is 0.391. The van der Waals surface area contributed by atoms with E-state index in [1.165, 1.54) is 0 Å². The Hall–Kier alpha value is -3.74. The number of aryl methyl sites for hydroxylation is 2. The molecule has 1 aliphatic heterocycles. The number of halogens is 2. The van der Waals surface area contributed by atoms with Gasteiger partial charge in [0.1, 0.15) is 5.76 Å². The summed E-state index contributed by atoms with van der Waals surface area (Å²) in [6.07, 6.45) is 5.95. The number of hydrogen-bond acceptors (Lipinski definition) is 4. The zero-order chi connectivity index (χ0) is 22.4. The zero-order valence-corrected chi connectivity index (χ0v) is 17.6. The third-order valence-electron chi connectivity index (χ3n) is 5.98. The highest BCUT2D eigenvalue weighted by molar-refractivity contribution is 5.97. The topological polar surface area (TPSA) is 54.2 Å². The molecule has 1 aliphatic rings. The average molecular weight is 432 g/mol. The molecule has 4 aromatic rings. The van der Waals surface area contributed by atoms with Gasteiger partial charge in [-0.15, -0.1) is 0 Å². The first kappa shape index (κ1) is 20.2. The van der Waals surface area contributed by atoms with Gasteiger partial charge in [0.25, 0.3) is 6.43 Å². The summed E-state index contributed by atoms with van der Waals surface area (Å²) in [5.74, 6) is -0.0187. The van der Waals surface area contributed by atoms with E-state index in [4.69, 9.17) is 0 Å². The van der Waals surface area contributed by atoms with Crippen LogP contribution in [0.5, 0.6) is 0 Å². The van der Waals surface area contributed by atoms with Crippen LogP contribution in [0.3, 0.4) is 0 Å². The molecule has 2 aromatic carbocycles. The molecule has 0 atom stereocenters. The van der Waals surface area contributed by atoms with Gasteiger partial charge in [-0.2, -0.15) is 5.10 Å². The van der Waals surface area contributed by atoms with Crippen molar-refractivity contribution in [1.29, 1.82) is 0 Å². The largest absolute Gasteiger partial charge is 0.508 e. The molecule has 2 aromatic heterocycles. The van der Waals surface area contributed by atoms with Gasteiger partial charge in [-0.3, -0.25) is 9.67 Å². The lowest BCUT2D eigenvalue weighted by atomic mass is 9.92. The van der Waals surface area contributed by atoms with Gasteiger partial charge in [0.05, 0.1) is 18.1 Å². The summed E-state index contributed by atoms with van der Waals surface area (Å²) >= 11 is 0. The standard InChI is InChI=1S/C25H22F2N4O/c1-15(32)16-5-6-18-11-28-13-24(21(18)8-16)31-7-3-4-17-9-20(19-12-29-30(2)14-19)22(25(26)27)10-23(17)31/h5-6,8-14,25,32H,1,3-4,7H2,2H3. The van der Waals surface area contributed by atoms with E-state index >= 15 is 0 Å². The molecule has 0 unspecified atom stereocenters. The Morgan fingerprint density at radius 3 is 2.69 bits per heavy atom. The van der Waals surface area contributed by atoms with Gasteiger partial charge in [0.2, 0.25) is 0 Å². The van der Waals surface area contributed by atoms with E-state index in [1.807, 2.05) is 18.2 Å². The van der Waals surface area contributed by atoms with Gasteiger partial charge in [-0.05, 0) is 42.2 Å². The number of alkyl halides is 2. The Labute approximate surface area is 184 Å². The number of rotatable bonds is 4. The maximum Gasteiger partial charge on any atom is 0.264 e. The van der Waals surface area contributed by atoms with E-state index in [-0.39, 0.29) is 11.3 Å². The van der Waals surface area contributed by atoms with Crippen molar-refractivity contribution < 1.29 is 13.9 Å². The predicted octanol–water partition coefficient (Wildman–Crippen LogP) is 6.19. The summed E-state index contributed by atoms with van der Waals surface area (Å²) in [7, 11) is 1.77. The number of fused-ring (bicyclic) bond motifs is 2. The molecule has 0 aliphatic carbocycles. The fourth-order valence-electron chi connectivity index (χ4n) is 4.43. The summed E-state index contributed by atoms with van der Waals surface area (Å²) in [5, 5.41) is 15.8. The first-order valence-corrected chi connectivity index (χ1v) is 10.4. The Bertz CT molecular complexity index is 1350. The van der Waals surface area contributed by atoms with Crippen molar-refractivity contribution >= 4 is 27.9 Å². The minimum Gasteiger partial charge on any atom is -0.508 e. The van der Waals surface area contributed by atoms with Crippen LogP contribution in [-0.4, -0.2) is 26.4 Å². The van der Waals surface area contributed by atoms with E-state index in [9.17, 15) is 13.9 Å². The molecule has 0 radical (unpaired) electrons. The number of aliphatic hydroxyl groups excluding tert-OH is 1. The number of hydrogen-bond donors (Lipinski definition) is 1. The molecule has 1 N–H and O–H groups in total. The molecule has 0 saturated heterocycles. The molecule has 0 fully saturated rings. The summed E-state index contributed by atoms with van der Waals surface area (Å²) in [4.78, 5) is 6.43. The number of anilines is 2. The molecule has 0 amide bonds. The average Bonchev–Trinajstić information content (AvgIpc) is 3.23. The lowest BCUT2D eigenvalue weighted by Crippen LogP contribution is -2.25. The van der Waals surface area contributed by atoms with Gasteiger partial charge in [-0.1, -0.05) is 18.7 Å². The van der Waals surface area contributed by atoms with Crippen molar-refractivity contribution in [3.63, 3.8) is 0 Å². The molecule has 5 rings (SSSR count). The van der Waals surface area contributed by atoms with Crippen molar-refractivity contribution in [2.24, 2.45) is 7.05 Å². The van der Waals surface area contributed by atoms with Crippen LogP contribution in [0.15, 0.2) is 61.7 Å². The second-order valence-electron chi connectivity index (χ2n) is 8.07. The van der Waals surface area contributed by atoms with Gasteiger partial charge in [-0.25, -0.2) is 8.78 Å². The third-order valence-corrected chi connectivity index (χ3v) is 5.98.